The summed E-state index contributed by atoms with van der Waals surface area (Å²) >= 11 is 0. The number of sulfonamides is 1. The SMILES string of the molecule is CCNC(=NCc1cccc(C#N)c1)NCC1CCN(S(=O)(=O)C(F)(F)F)CC1. The molecule has 0 radical (unpaired) electrons. The summed E-state index contributed by atoms with van der Waals surface area (Å²) in [6, 6.07) is 9.19. The number of halogens is 3. The average molecular weight is 431 g/mol. The van der Waals surface area contributed by atoms with Gasteiger partial charge in [-0.05, 0) is 43.4 Å². The highest BCUT2D eigenvalue weighted by Gasteiger charge is 2.50. The first kappa shape index (κ1) is 23.0. The summed E-state index contributed by atoms with van der Waals surface area (Å²) in [7, 11) is -5.25. The largest absolute Gasteiger partial charge is 0.511 e. The highest BCUT2D eigenvalue weighted by atomic mass is 32.2. The Balaban J connectivity index is 1.89. The third kappa shape index (κ3) is 6.33. The molecule has 1 aliphatic heterocycles. The standard InChI is InChI=1S/C18H24F3N5O2S/c1-2-23-17(25-13-16-5-3-4-15(10-16)11-22)24-12-14-6-8-26(9-7-14)29(27,28)18(19,20)21/h3-5,10,14H,2,6-9,12-13H2,1H3,(H2,23,24,25). The molecule has 1 aromatic carbocycles. The number of piperidine rings is 1. The van der Waals surface area contributed by atoms with Gasteiger partial charge in [0.05, 0.1) is 18.2 Å². The first-order valence-corrected chi connectivity index (χ1v) is 10.7. The van der Waals surface area contributed by atoms with Crippen molar-refractivity contribution in [2.75, 3.05) is 26.2 Å². The van der Waals surface area contributed by atoms with Crippen molar-refractivity contribution in [1.29, 1.82) is 5.26 Å². The molecule has 0 atom stereocenters. The lowest BCUT2D eigenvalue weighted by atomic mass is 9.98. The third-order valence-corrected chi connectivity index (χ3v) is 6.21. The average Bonchev–Trinajstić information content (AvgIpc) is 2.69. The monoisotopic (exact) mass is 431 g/mol. The summed E-state index contributed by atoms with van der Waals surface area (Å²) in [4.78, 5) is 4.46. The molecule has 1 saturated heterocycles. The number of benzene rings is 1. The minimum absolute atomic E-state index is 0.0421. The maximum atomic E-state index is 12.6. The van der Waals surface area contributed by atoms with Gasteiger partial charge in [-0.15, -0.1) is 0 Å². The number of nitrogens with one attached hydrogen (secondary N) is 2. The van der Waals surface area contributed by atoms with Crippen molar-refractivity contribution in [3.63, 3.8) is 0 Å². The van der Waals surface area contributed by atoms with Crippen LogP contribution in [0.15, 0.2) is 29.3 Å². The van der Waals surface area contributed by atoms with Crippen LogP contribution in [0.3, 0.4) is 0 Å². The van der Waals surface area contributed by atoms with Gasteiger partial charge in [-0.1, -0.05) is 12.1 Å². The Morgan fingerprint density at radius 3 is 2.59 bits per heavy atom. The zero-order valence-electron chi connectivity index (χ0n) is 16.0. The van der Waals surface area contributed by atoms with Gasteiger partial charge in [0, 0.05) is 26.2 Å². The van der Waals surface area contributed by atoms with E-state index in [2.05, 4.69) is 21.7 Å². The fourth-order valence-electron chi connectivity index (χ4n) is 2.99. The Hall–Kier alpha value is -2.32. The van der Waals surface area contributed by atoms with Gasteiger partial charge in [-0.3, -0.25) is 0 Å². The Labute approximate surface area is 168 Å². The van der Waals surface area contributed by atoms with E-state index in [1.807, 2.05) is 13.0 Å². The van der Waals surface area contributed by atoms with Crippen LogP contribution in [0.2, 0.25) is 0 Å². The molecule has 160 valence electrons. The Kier molecular flexibility index (Phi) is 7.87. The van der Waals surface area contributed by atoms with E-state index >= 15 is 0 Å². The number of hydrogen-bond donors (Lipinski definition) is 2. The zero-order valence-corrected chi connectivity index (χ0v) is 16.9. The van der Waals surface area contributed by atoms with Gasteiger partial charge in [0.25, 0.3) is 0 Å². The fraction of sp³-hybridized carbons (Fsp3) is 0.556. The molecule has 0 bridgehead atoms. The highest BCUT2D eigenvalue weighted by Crippen LogP contribution is 2.30. The van der Waals surface area contributed by atoms with E-state index in [4.69, 9.17) is 5.26 Å². The second-order valence-electron chi connectivity index (χ2n) is 6.68. The zero-order chi connectivity index (χ0) is 21.5. The normalized spacial score (nSPS) is 17.0. The fourth-order valence-corrected chi connectivity index (χ4v) is 3.98. The molecule has 1 fully saturated rings. The second-order valence-corrected chi connectivity index (χ2v) is 8.61. The van der Waals surface area contributed by atoms with Crippen LogP contribution >= 0.6 is 0 Å². The molecule has 0 unspecified atom stereocenters. The van der Waals surface area contributed by atoms with Crippen molar-refractivity contribution >= 4 is 16.0 Å². The first-order valence-electron chi connectivity index (χ1n) is 9.25. The van der Waals surface area contributed by atoms with E-state index in [0.717, 1.165) is 5.56 Å². The van der Waals surface area contributed by atoms with E-state index in [-0.39, 0.29) is 19.0 Å². The van der Waals surface area contributed by atoms with Crippen LogP contribution in [0.25, 0.3) is 0 Å². The van der Waals surface area contributed by atoms with Gasteiger partial charge in [0.1, 0.15) is 0 Å². The quantitative estimate of drug-likeness (QED) is 0.532. The lowest BCUT2D eigenvalue weighted by Crippen LogP contribution is -2.47. The molecule has 1 aliphatic rings. The van der Waals surface area contributed by atoms with Crippen LogP contribution in [-0.4, -0.2) is 50.4 Å². The Morgan fingerprint density at radius 2 is 2.00 bits per heavy atom. The summed E-state index contributed by atoms with van der Waals surface area (Å²) in [5.41, 5.74) is -3.82. The third-order valence-electron chi connectivity index (χ3n) is 4.58. The number of alkyl halides is 3. The number of guanidine groups is 1. The minimum atomic E-state index is -5.26. The number of nitriles is 1. The highest BCUT2D eigenvalue weighted by molar-refractivity contribution is 7.90. The Morgan fingerprint density at radius 1 is 1.31 bits per heavy atom. The molecule has 2 rings (SSSR count). The maximum absolute atomic E-state index is 12.6. The van der Waals surface area contributed by atoms with Gasteiger partial charge in [-0.2, -0.15) is 22.7 Å². The maximum Gasteiger partial charge on any atom is 0.511 e. The van der Waals surface area contributed by atoms with Crippen molar-refractivity contribution in [2.45, 2.75) is 31.8 Å². The van der Waals surface area contributed by atoms with Crippen molar-refractivity contribution in [2.24, 2.45) is 10.9 Å². The molecule has 1 aromatic rings. The molecule has 0 aromatic heterocycles. The van der Waals surface area contributed by atoms with Crippen LogP contribution in [0.4, 0.5) is 13.2 Å². The van der Waals surface area contributed by atoms with Crippen molar-refractivity contribution in [3.05, 3.63) is 35.4 Å². The summed E-state index contributed by atoms with van der Waals surface area (Å²) < 4.78 is 61.4. The lowest BCUT2D eigenvalue weighted by Gasteiger charge is -2.31. The van der Waals surface area contributed by atoms with Gasteiger partial charge in [0.2, 0.25) is 0 Å². The van der Waals surface area contributed by atoms with E-state index in [1.165, 1.54) is 0 Å². The molecule has 2 N–H and O–H groups in total. The summed E-state index contributed by atoms with van der Waals surface area (Å²) in [5.74, 6) is 0.598. The summed E-state index contributed by atoms with van der Waals surface area (Å²) in [5, 5.41) is 15.2. The second kappa shape index (κ2) is 9.93. The number of hydrogen-bond acceptors (Lipinski definition) is 4. The van der Waals surface area contributed by atoms with Crippen molar-refractivity contribution in [3.8, 4) is 6.07 Å². The summed E-state index contributed by atoms with van der Waals surface area (Å²) in [6.07, 6.45) is 0.678. The van der Waals surface area contributed by atoms with Gasteiger partial charge >= 0.3 is 15.5 Å². The van der Waals surface area contributed by atoms with E-state index in [9.17, 15) is 21.6 Å². The molecule has 0 spiro atoms. The predicted octanol–water partition coefficient (Wildman–Crippen LogP) is 2.17. The molecule has 0 aliphatic carbocycles. The molecular weight excluding hydrogens is 407 g/mol. The smallest absolute Gasteiger partial charge is 0.357 e. The van der Waals surface area contributed by atoms with Gasteiger partial charge in [-0.25, -0.2) is 13.4 Å². The van der Waals surface area contributed by atoms with Crippen LogP contribution < -0.4 is 10.6 Å². The topological polar surface area (TPSA) is 97.6 Å². The van der Waals surface area contributed by atoms with Crippen LogP contribution in [0.1, 0.15) is 30.9 Å². The van der Waals surface area contributed by atoms with Crippen molar-refractivity contribution in [1.82, 2.24) is 14.9 Å². The Bertz CT molecular complexity index is 857. The molecular formula is C18H24F3N5O2S. The molecule has 1 heterocycles. The number of nitrogens with zero attached hydrogens (tertiary/aromatic N) is 3. The summed E-state index contributed by atoms with van der Waals surface area (Å²) in [6.45, 7) is 3.09. The number of rotatable bonds is 6. The molecule has 7 nitrogen and oxygen atoms in total. The van der Waals surface area contributed by atoms with Crippen LogP contribution in [0.5, 0.6) is 0 Å². The molecule has 29 heavy (non-hydrogen) atoms. The predicted molar refractivity (Wildman–Crippen MR) is 103 cm³/mol. The molecule has 0 amide bonds. The van der Waals surface area contributed by atoms with Crippen LogP contribution in [-0.2, 0) is 16.6 Å². The van der Waals surface area contributed by atoms with E-state index in [0.29, 0.717) is 48.3 Å². The van der Waals surface area contributed by atoms with Crippen LogP contribution in [0, 0.1) is 17.2 Å². The number of aliphatic imine (C=N–C) groups is 1. The lowest BCUT2D eigenvalue weighted by molar-refractivity contribution is -0.0496. The van der Waals surface area contributed by atoms with Gasteiger partial charge < -0.3 is 10.6 Å². The van der Waals surface area contributed by atoms with Crippen molar-refractivity contribution < 1.29 is 21.6 Å². The van der Waals surface area contributed by atoms with Gasteiger partial charge in [0.15, 0.2) is 5.96 Å². The first-order chi connectivity index (χ1) is 13.7. The minimum Gasteiger partial charge on any atom is -0.357 e. The van der Waals surface area contributed by atoms with E-state index in [1.54, 1.807) is 18.2 Å². The molecule has 0 saturated carbocycles. The molecule has 11 heteroatoms. The van der Waals surface area contributed by atoms with E-state index < -0.39 is 15.5 Å².